The standard InChI is InChI=1S/2C9H13.CH2.2ClH.Zr/c2*1-6-5-7(2)9(4)8(6)3;;;;/h2*6H,1-4H3;1H2;2*1H;. The molecule has 0 nitrogen and oxygen atoms in total. The van der Waals surface area contributed by atoms with E-state index in [1.165, 1.54) is 11.1 Å². The van der Waals surface area contributed by atoms with Gasteiger partial charge in [0.1, 0.15) is 0 Å². The Hall–Kier alpha value is 0.293. The molecule has 0 saturated heterocycles. The van der Waals surface area contributed by atoms with Crippen LogP contribution in [0.4, 0.5) is 0 Å². The van der Waals surface area contributed by atoms with Crippen LogP contribution in [-0.4, -0.2) is 4.21 Å². The Balaban J connectivity index is 0.00000220. The number of hydrogen-bond acceptors (Lipinski definition) is 0. The van der Waals surface area contributed by atoms with Gasteiger partial charge in [-0.15, -0.1) is 24.8 Å². The van der Waals surface area contributed by atoms with E-state index in [9.17, 15) is 0 Å². The summed E-state index contributed by atoms with van der Waals surface area (Å²) in [6, 6.07) is 0. The molecular formula is C19H30Cl2Zr. The van der Waals surface area contributed by atoms with Gasteiger partial charge in [0.25, 0.3) is 0 Å². The van der Waals surface area contributed by atoms with Crippen molar-refractivity contribution in [1.29, 1.82) is 0 Å². The number of halogens is 2. The van der Waals surface area contributed by atoms with E-state index >= 15 is 0 Å². The summed E-state index contributed by atoms with van der Waals surface area (Å²) in [6.45, 7) is 18.6. The Morgan fingerprint density at radius 3 is 1.09 bits per heavy atom. The third-order valence-corrected chi connectivity index (χ3v) is 13.1. The second-order valence-electron chi connectivity index (χ2n) is 6.62. The summed E-state index contributed by atoms with van der Waals surface area (Å²) in [7, 11) is 0. The van der Waals surface area contributed by atoms with Gasteiger partial charge in [-0.25, -0.2) is 0 Å². The van der Waals surface area contributed by atoms with Crippen LogP contribution in [0.5, 0.6) is 0 Å². The summed E-state index contributed by atoms with van der Waals surface area (Å²) in [6.07, 6.45) is 0. The molecule has 0 aromatic heterocycles. The van der Waals surface area contributed by atoms with E-state index in [4.69, 9.17) is 4.21 Å². The Morgan fingerprint density at radius 2 is 0.909 bits per heavy atom. The monoisotopic (exact) mass is 418 g/mol. The van der Waals surface area contributed by atoms with Crippen molar-refractivity contribution < 1.29 is 21.3 Å². The average molecular weight is 421 g/mol. The van der Waals surface area contributed by atoms with Crippen LogP contribution in [0.1, 0.15) is 55.4 Å². The molecule has 0 heterocycles. The maximum atomic E-state index is 4.77. The van der Waals surface area contributed by atoms with Gasteiger partial charge in [0.15, 0.2) is 0 Å². The van der Waals surface area contributed by atoms with Crippen LogP contribution < -0.4 is 0 Å². The molecule has 0 saturated carbocycles. The minimum absolute atomic E-state index is 0. The first-order chi connectivity index (χ1) is 9.20. The Bertz CT molecular complexity index is 576. The van der Waals surface area contributed by atoms with Gasteiger partial charge in [-0.1, -0.05) is 0 Å². The zero-order chi connectivity index (χ0) is 15.4. The number of allylic oxidation sites excluding steroid dienone is 8. The Labute approximate surface area is 156 Å². The zero-order valence-corrected chi connectivity index (χ0v) is 19.3. The molecule has 0 N–H and O–H groups in total. The van der Waals surface area contributed by atoms with Crippen LogP contribution >= 0.6 is 24.8 Å². The zero-order valence-electron chi connectivity index (χ0n) is 15.2. The van der Waals surface area contributed by atoms with Gasteiger partial charge in [-0.3, -0.25) is 0 Å². The first-order valence-corrected chi connectivity index (χ1v) is 11.9. The van der Waals surface area contributed by atoms with Gasteiger partial charge in [-0.05, 0) is 0 Å². The van der Waals surface area contributed by atoms with Crippen LogP contribution in [0.15, 0.2) is 40.0 Å². The minimum atomic E-state index is -1.93. The third-order valence-electron chi connectivity index (χ3n) is 5.93. The van der Waals surface area contributed by atoms with E-state index < -0.39 is 21.3 Å². The van der Waals surface area contributed by atoms with Crippen LogP contribution in [-0.2, 0) is 21.3 Å². The molecule has 0 radical (unpaired) electrons. The molecule has 0 aromatic rings. The summed E-state index contributed by atoms with van der Waals surface area (Å²) in [5.74, 6) is 1.27. The van der Waals surface area contributed by atoms with Gasteiger partial charge in [0.2, 0.25) is 0 Å². The van der Waals surface area contributed by atoms with Crippen LogP contribution in [0, 0.1) is 11.8 Å². The second-order valence-corrected chi connectivity index (χ2v) is 11.6. The van der Waals surface area contributed by atoms with E-state index in [1.807, 2.05) is 0 Å². The van der Waals surface area contributed by atoms with Crippen molar-refractivity contribution in [2.45, 2.75) is 55.4 Å². The molecule has 124 valence electrons. The summed E-state index contributed by atoms with van der Waals surface area (Å²) >= 11 is -1.93. The van der Waals surface area contributed by atoms with Crippen molar-refractivity contribution in [3.8, 4) is 0 Å². The summed E-state index contributed by atoms with van der Waals surface area (Å²) in [5.41, 5.74) is 9.33. The molecule has 0 aromatic carbocycles. The second kappa shape index (κ2) is 7.91. The number of hydrogen-bond donors (Lipinski definition) is 0. The van der Waals surface area contributed by atoms with Crippen molar-refractivity contribution in [2.24, 2.45) is 11.8 Å². The molecule has 22 heavy (non-hydrogen) atoms. The van der Waals surface area contributed by atoms with Gasteiger partial charge in [-0.2, -0.15) is 0 Å². The van der Waals surface area contributed by atoms with Gasteiger partial charge in [0, 0.05) is 0 Å². The van der Waals surface area contributed by atoms with E-state index in [0.717, 1.165) is 0 Å². The van der Waals surface area contributed by atoms with Crippen molar-refractivity contribution in [2.75, 3.05) is 0 Å². The molecule has 0 bridgehead atoms. The maximum absolute atomic E-state index is 4.77. The van der Waals surface area contributed by atoms with Gasteiger partial charge < -0.3 is 0 Å². The van der Waals surface area contributed by atoms with E-state index in [0.29, 0.717) is 11.8 Å². The first-order valence-electron chi connectivity index (χ1n) is 7.66. The molecular weight excluding hydrogens is 390 g/mol. The molecule has 0 fully saturated rings. The van der Waals surface area contributed by atoms with Crippen molar-refractivity contribution in [1.82, 2.24) is 0 Å². The van der Waals surface area contributed by atoms with Crippen LogP contribution in [0.3, 0.4) is 0 Å². The molecule has 0 spiro atoms. The van der Waals surface area contributed by atoms with Gasteiger partial charge >= 0.3 is 133 Å². The normalized spacial score (nSPS) is 24.9. The summed E-state index contributed by atoms with van der Waals surface area (Å²) in [4.78, 5) is 0. The number of rotatable bonds is 2. The first kappa shape index (κ1) is 22.3. The molecule has 2 rings (SSSR count). The van der Waals surface area contributed by atoms with E-state index in [1.54, 1.807) is 28.9 Å². The van der Waals surface area contributed by atoms with Crippen LogP contribution in [0.25, 0.3) is 0 Å². The molecule has 2 aliphatic rings. The van der Waals surface area contributed by atoms with Crippen LogP contribution in [0.2, 0.25) is 0 Å². The predicted octanol–water partition coefficient (Wildman–Crippen LogP) is 6.40. The van der Waals surface area contributed by atoms with Gasteiger partial charge in [0.05, 0.1) is 0 Å². The summed E-state index contributed by atoms with van der Waals surface area (Å²) in [5, 5.41) is 0. The fourth-order valence-electron chi connectivity index (χ4n) is 3.85. The van der Waals surface area contributed by atoms with Crippen molar-refractivity contribution >= 4 is 29.0 Å². The van der Waals surface area contributed by atoms with Crippen molar-refractivity contribution in [3.63, 3.8) is 0 Å². The third kappa shape index (κ3) is 3.24. The molecule has 2 aliphatic carbocycles. The quantitative estimate of drug-likeness (QED) is 0.485. The molecule has 0 aliphatic heterocycles. The van der Waals surface area contributed by atoms with E-state index in [2.05, 4.69) is 55.4 Å². The van der Waals surface area contributed by atoms with E-state index in [-0.39, 0.29) is 24.8 Å². The average Bonchev–Trinajstić information content (AvgIpc) is 2.71. The van der Waals surface area contributed by atoms with Crippen molar-refractivity contribution in [3.05, 3.63) is 40.0 Å². The Morgan fingerprint density at radius 1 is 0.636 bits per heavy atom. The molecule has 0 amide bonds. The summed E-state index contributed by atoms with van der Waals surface area (Å²) < 4.78 is 8.25. The molecule has 2 unspecified atom stereocenters. The molecule has 3 heteroatoms. The predicted molar refractivity (Wildman–Crippen MR) is 102 cm³/mol. The topological polar surface area (TPSA) is 0 Å². The molecule has 2 atom stereocenters. The fourth-order valence-corrected chi connectivity index (χ4v) is 11.3. The SMILES string of the molecule is Cl.Cl.[CH2]=[Zr]([C]1=C(C)C(C)=C(C)C1C)[C]1=C(C)C(C)=C(C)C1C. The Kier molecular flexibility index (Phi) is 8.02. The fraction of sp³-hybridized carbons (Fsp3) is 0.526.